The van der Waals surface area contributed by atoms with Crippen LogP contribution in [0, 0.1) is 5.92 Å². The van der Waals surface area contributed by atoms with Crippen molar-refractivity contribution >= 4 is 23.2 Å². The Labute approximate surface area is 113 Å². The molecule has 0 saturated heterocycles. The minimum Gasteiger partial charge on any atom is -0.398 e. The Morgan fingerprint density at radius 2 is 2.22 bits per heavy atom. The maximum atomic E-state index is 12.4. The standard InChI is InChI=1S/C14H19ClN2O/c1-2-7-17(9-10-3-4-10)14(18)11-5-6-12(15)13(16)8-11/h5-6,8,10H,2-4,7,9,16H2,1H3. The number of nitrogens with two attached hydrogens (primary N) is 1. The molecular weight excluding hydrogens is 248 g/mol. The SMILES string of the molecule is CCCN(CC1CC1)C(=O)c1ccc(Cl)c(N)c1. The molecule has 0 unspecified atom stereocenters. The van der Waals surface area contributed by atoms with Crippen molar-refractivity contribution in [3.8, 4) is 0 Å². The maximum absolute atomic E-state index is 12.4. The van der Waals surface area contributed by atoms with Gasteiger partial charge in [-0.05, 0) is 43.4 Å². The fourth-order valence-electron chi connectivity index (χ4n) is 2.02. The third kappa shape index (κ3) is 3.16. The van der Waals surface area contributed by atoms with E-state index in [-0.39, 0.29) is 5.91 Å². The predicted molar refractivity (Wildman–Crippen MR) is 74.8 cm³/mol. The van der Waals surface area contributed by atoms with Crippen LogP contribution in [0.15, 0.2) is 18.2 Å². The van der Waals surface area contributed by atoms with Crippen LogP contribution in [0.4, 0.5) is 5.69 Å². The van der Waals surface area contributed by atoms with Crippen molar-refractivity contribution < 1.29 is 4.79 Å². The normalized spacial score (nSPS) is 14.6. The lowest BCUT2D eigenvalue weighted by atomic mass is 10.1. The second-order valence-corrected chi connectivity index (χ2v) is 5.34. The molecule has 1 aromatic carbocycles. The van der Waals surface area contributed by atoms with Gasteiger partial charge in [0.15, 0.2) is 0 Å². The smallest absolute Gasteiger partial charge is 0.253 e. The van der Waals surface area contributed by atoms with Gasteiger partial charge in [0, 0.05) is 18.7 Å². The molecule has 1 aliphatic rings. The number of amides is 1. The van der Waals surface area contributed by atoms with Crippen LogP contribution in [0.1, 0.15) is 36.5 Å². The van der Waals surface area contributed by atoms with Gasteiger partial charge in [-0.15, -0.1) is 0 Å². The second kappa shape index (κ2) is 5.61. The Kier molecular flexibility index (Phi) is 4.12. The molecule has 0 heterocycles. The van der Waals surface area contributed by atoms with E-state index in [0.29, 0.717) is 22.2 Å². The molecule has 0 aliphatic heterocycles. The van der Waals surface area contributed by atoms with E-state index in [1.165, 1.54) is 12.8 Å². The fraction of sp³-hybridized carbons (Fsp3) is 0.500. The molecule has 2 rings (SSSR count). The largest absolute Gasteiger partial charge is 0.398 e. The van der Waals surface area contributed by atoms with Gasteiger partial charge in [-0.1, -0.05) is 18.5 Å². The zero-order valence-electron chi connectivity index (χ0n) is 10.7. The second-order valence-electron chi connectivity index (χ2n) is 4.93. The van der Waals surface area contributed by atoms with Crippen LogP contribution in [-0.2, 0) is 0 Å². The monoisotopic (exact) mass is 266 g/mol. The molecule has 2 N–H and O–H groups in total. The van der Waals surface area contributed by atoms with Crippen molar-refractivity contribution in [3.05, 3.63) is 28.8 Å². The zero-order valence-corrected chi connectivity index (χ0v) is 11.4. The van der Waals surface area contributed by atoms with Gasteiger partial charge >= 0.3 is 0 Å². The van der Waals surface area contributed by atoms with Crippen molar-refractivity contribution in [2.75, 3.05) is 18.8 Å². The lowest BCUT2D eigenvalue weighted by molar-refractivity contribution is 0.0748. The van der Waals surface area contributed by atoms with Crippen LogP contribution >= 0.6 is 11.6 Å². The molecule has 4 heteroatoms. The van der Waals surface area contributed by atoms with E-state index in [1.807, 2.05) is 4.90 Å². The van der Waals surface area contributed by atoms with Crippen LogP contribution in [0.3, 0.4) is 0 Å². The summed E-state index contributed by atoms with van der Waals surface area (Å²) in [5.74, 6) is 0.761. The molecule has 1 saturated carbocycles. The molecule has 18 heavy (non-hydrogen) atoms. The molecule has 0 aromatic heterocycles. The third-order valence-corrected chi connectivity index (χ3v) is 3.54. The molecular formula is C14H19ClN2O. The first-order valence-corrected chi connectivity index (χ1v) is 6.84. The van der Waals surface area contributed by atoms with Crippen molar-refractivity contribution in [2.45, 2.75) is 26.2 Å². The average molecular weight is 267 g/mol. The third-order valence-electron chi connectivity index (χ3n) is 3.20. The van der Waals surface area contributed by atoms with E-state index in [1.54, 1.807) is 18.2 Å². The van der Waals surface area contributed by atoms with Gasteiger partial charge in [0.1, 0.15) is 0 Å². The van der Waals surface area contributed by atoms with Gasteiger partial charge < -0.3 is 10.6 Å². The number of nitrogens with zero attached hydrogens (tertiary/aromatic N) is 1. The van der Waals surface area contributed by atoms with Crippen molar-refractivity contribution in [3.63, 3.8) is 0 Å². The van der Waals surface area contributed by atoms with Gasteiger partial charge in [-0.2, -0.15) is 0 Å². The Balaban J connectivity index is 2.12. The minimum atomic E-state index is 0.0621. The molecule has 1 aliphatic carbocycles. The summed E-state index contributed by atoms with van der Waals surface area (Å²) in [5.41, 5.74) is 6.84. The highest BCUT2D eigenvalue weighted by atomic mass is 35.5. The van der Waals surface area contributed by atoms with Gasteiger partial charge in [0.2, 0.25) is 0 Å². The number of carbonyl (C=O) groups excluding carboxylic acids is 1. The molecule has 0 spiro atoms. The summed E-state index contributed by atoms with van der Waals surface area (Å²) in [6, 6.07) is 5.10. The molecule has 0 radical (unpaired) electrons. The lowest BCUT2D eigenvalue weighted by Gasteiger charge is -2.22. The first-order valence-electron chi connectivity index (χ1n) is 6.46. The number of carbonyl (C=O) groups is 1. The summed E-state index contributed by atoms with van der Waals surface area (Å²) < 4.78 is 0. The number of hydrogen-bond acceptors (Lipinski definition) is 2. The van der Waals surface area contributed by atoms with Crippen molar-refractivity contribution in [2.24, 2.45) is 5.92 Å². The summed E-state index contributed by atoms with van der Waals surface area (Å²) in [7, 11) is 0. The van der Waals surface area contributed by atoms with Crippen LogP contribution in [0.5, 0.6) is 0 Å². The average Bonchev–Trinajstić information content (AvgIpc) is 3.15. The Morgan fingerprint density at radius 1 is 1.50 bits per heavy atom. The Morgan fingerprint density at radius 3 is 2.78 bits per heavy atom. The Bertz CT molecular complexity index is 443. The summed E-state index contributed by atoms with van der Waals surface area (Å²) >= 11 is 5.87. The molecule has 3 nitrogen and oxygen atoms in total. The van der Waals surface area contributed by atoms with E-state index < -0.39 is 0 Å². The van der Waals surface area contributed by atoms with E-state index in [9.17, 15) is 4.79 Å². The number of hydrogen-bond donors (Lipinski definition) is 1. The highest BCUT2D eigenvalue weighted by molar-refractivity contribution is 6.33. The number of rotatable bonds is 5. The van der Waals surface area contributed by atoms with Crippen molar-refractivity contribution in [1.29, 1.82) is 0 Å². The van der Waals surface area contributed by atoms with Gasteiger partial charge in [-0.25, -0.2) is 0 Å². The molecule has 1 fully saturated rings. The van der Waals surface area contributed by atoms with Gasteiger partial charge in [0.05, 0.1) is 10.7 Å². The van der Waals surface area contributed by atoms with Crippen LogP contribution in [0.2, 0.25) is 5.02 Å². The lowest BCUT2D eigenvalue weighted by Crippen LogP contribution is -2.33. The van der Waals surface area contributed by atoms with E-state index in [2.05, 4.69) is 6.92 Å². The highest BCUT2D eigenvalue weighted by Crippen LogP contribution is 2.30. The van der Waals surface area contributed by atoms with Gasteiger partial charge in [0.25, 0.3) is 5.91 Å². The summed E-state index contributed by atoms with van der Waals surface area (Å²) in [5, 5.41) is 0.496. The number of halogens is 1. The molecule has 98 valence electrons. The van der Waals surface area contributed by atoms with Crippen molar-refractivity contribution in [1.82, 2.24) is 4.90 Å². The van der Waals surface area contributed by atoms with E-state index >= 15 is 0 Å². The molecule has 1 amide bonds. The van der Waals surface area contributed by atoms with Crippen LogP contribution in [0.25, 0.3) is 0 Å². The van der Waals surface area contributed by atoms with E-state index in [4.69, 9.17) is 17.3 Å². The molecule has 0 atom stereocenters. The summed E-state index contributed by atoms with van der Waals surface area (Å²) in [4.78, 5) is 14.3. The summed E-state index contributed by atoms with van der Waals surface area (Å²) in [6.07, 6.45) is 3.47. The van der Waals surface area contributed by atoms with Crippen LogP contribution in [-0.4, -0.2) is 23.9 Å². The predicted octanol–water partition coefficient (Wildman–Crippen LogP) is 3.18. The maximum Gasteiger partial charge on any atom is 0.253 e. The molecule has 1 aromatic rings. The minimum absolute atomic E-state index is 0.0621. The fourth-order valence-corrected chi connectivity index (χ4v) is 2.13. The highest BCUT2D eigenvalue weighted by Gasteiger charge is 2.26. The zero-order chi connectivity index (χ0) is 13.1. The Hall–Kier alpha value is -1.22. The number of nitrogen functional groups attached to an aromatic ring is 1. The molecule has 0 bridgehead atoms. The first-order chi connectivity index (χ1) is 8.61. The number of anilines is 1. The van der Waals surface area contributed by atoms with Crippen LogP contribution < -0.4 is 5.73 Å². The first kappa shape index (κ1) is 13.2. The van der Waals surface area contributed by atoms with E-state index in [0.717, 1.165) is 19.5 Å². The van der Waals surface area contributed by atoms with Gasteiger partial charge in [-0.3, -0.25) is 4.79 Å². The quantitative estimate of drug-likeness (QED) is 0.832. The summed E-state index contributed by atoms with van der Waals surface area (Å²) in [6.45, 7) is 3.76. The number of benzene rings is 1. The topological polar surface area (TPSA) is 46.3 Å².